The average Bonchev–Trinajstić information content (AvgIpc) is 2.89. The van der Waals surface area contributed by atoms with Crippen LogP contribution in [-0.4, -0.2) is 19.0 Å². The second-order valence-electron chi connectivity index (χ2n) is 5.53. The third kappa shape index (κ3) is 3.13. The van der Waals surface area contributed by atoms with Gasteiger partial charge in [-0.05, 0) is 37.4 Å². The number of ether oxygens (including phenoxy) is 1. The summed E-state index contributed by atoms with van der Waals surface area (Å²) in [6, 6.07) is 0. The number of hydrogen-bond acceptors (Lipinski definition) is 2. The molecule has 0 bridgehead atoms. The van der Waals surface area contributed by atoms with Gasteiger partial charge in [-0.3, -0.25) is 0 Å². The maximum atomic E-state index is 5.95. The summed E-state index contributed by atoms with van der Waals surface area (Å²) in [5.41, 5.74) is 0.432. The SMILES string of the molecule is SCC1(COCC2CCCC2)CCCC1. The predicted molar refractivity (Wildman–Crippen MR) is 67.5 cm³/mol. The number of thiol groups is 1. The number of hydrogen-bond donors (Lipinski definition) is 1. The zero-order valence-electron chi connectivity index (χ0n) is 9.71. The molecule has 0 aromatic heterocycles. The summed E-state index contributed by atoms with van der Waals surface area (Å²) in [6.07, 6.45) is 11.1. The van der Waals surface area contributed by atoms with Gasteiger partial charge in [-0.15, -0.1) is 0 Å². The Bertz CT molecular complexity index is 181. The van der Waals surface area contributed by atoms with Crippen LogP contribution < -0.4 is 0 Å². The predicted octanol–water partition coefficient (Wildman–Crippen LogP) is 3.68. The van der Waals surface area contributed by atoms with E-state index in [0.717, 1.165) is 24.9 Å². The van der Waals surface area contributed by atoms with E-state index in [0.29, 0.717) is 5.41 Å². The molecule has 0 unspecified atom stereocenters. The van der Waals surface area contributed by atoms with Crippen molar-refractivity contribution in [3.63, 3.8) is 0 Å². The lowest BCUT2D eigenvalue weighted by molar-refractivity contribution is 0.0387. The van der Waals surface area contributed by atoms with Crippen molar-refractivity contribution in [2.75, 3.05) is 19.0 Å². The zero-order valence-corrected chi connectivity index (χ0v) is 10.6. The maximum Gasteiger partial charge on any atom is 0.0530 e. The normalized spacial score (nSPS) is 26.2. The zero-order chi connectivity index (χ0) is 10.6. The maximum absolute atomic E-state index is 5.95. The topological polar surface area (TPSA) is 9.23 Å². The van der Waals surface area contributed by atoms with Crippen molar-refractivity contribution < 1.29 is 4.74 Å². The molecule has 2 saturated carbocycles. The molecule has 2 fully saturated rings. The monoisotopic (exact) mass is 228 g/mol. The van der Waals surface area contributed by atoms with Crippen molar-refractivity contribution in [2.24, 2.45) is 11.3 Å². The van der Waals surface area contributed by atoms with Crippen molar-refractivity contribution in [1.82, 2.24) is 0 Å². The molecule has 1 nitrogen and oxygen atoms in total. The van der Waals surface area contributed by atoms with E-state index in [9.17, 15) is 0 Å². The minimum atomic E-state index is 0.432. The van der Waals surface area contributed by atoms with Crippen LogP contribution in [0.3, 0.4) is 0 Å². The summed E-state index contributed by atoms with van der Waals surface area (Å²) < 4.78 is 5.95. The minimum Gasteiger partial charge on any atom is -0.381 e. The van der Waals surface area contributed by atoms with Gasteiger partial charge in [0.15, 0.2) is 0 Å². The molecule has 88 valence electrons. The standard InChI is InChI=1S/C13H24OS/c15-11-13(7-3-4-8-13)10-14-9-12-5-1-2-6-12/h12,15H,1-11H2. The van der Waals surface area contributed by atoms with Crippen LogP contribution in [0.4, 0.5) is 0 Å². The highest BCUT2D eigenvalue weighted by Crippen LogP contribution is 2.39. The van der Waals surface area contributed by atoms with Crippen molar-refractivity contribution in [3.05, 3.63) is 0 Å². The Balaban J connectivity index is 1.67. The average molecular weight is 228 g/mol. The first-order valence-electron chi connectivity index (χ1n) is 6.53. The summed E-state index contributed by atoms with van der Waals surface area (Å²) >= 11 is 4.50. The lowest BCUT2D eigenvalue weighted by Crippen LogP contribution is -2.26. The molecule has 0 N–H and O–H groups in total. The molecule has 15 heavy (non-hydrogen) atoms. The van der Waals surface area contributed by atoms with E-state index in [1.807, 2.05) is 0 Å². The lowest BCUT2D eigenvalue weighted by Gasteiger charge is -2.27. The molecule has 0 radical (unpaired) electrons. The molecule has 0 saturated heterocycles. The second kappa shape index (κ2) is 5.58. The van der Waals surface area contributed by atoms with E-state index >= 15 is 0 Å². The highest BCUT2D eigenvalue weighted by Gasteiger charge is 2.32. The van der Waals surface area contributed by atoms with E-state index in [-0.39, 0.29) is 0 Å². The van der Waals surface area contributed by atoms with Gasteiger partial charge in [0.05, 0.1) is 6.61 Å². The van der Waals surface area contributed by atoms with Gasteiger partial charge < -0.3 is 4.74 Å². The van der Waals surface area contributed by atoms with E-state index in [2.05, 4.69) is 12.6 Å². The molecule has 0 aromatic rings. The molecule has 2 rings (SSSR count). The first-order valence-corrected chi connectivity index (χ1v) is 7.16. The Hall–Kier alpha value is 0.310. The third-order valence-corrected chi connectivity index (χ3v) is 4.91. The first-order chi connectivity index (χ1) is 7.35. The third-order valence-electron chi connectivity index (χ3n) is 4.24. The Morgan fingerprint density at radius 3 is 2.33 bits per heavy atom. The summed E-state index contributed by atoms with van der Waals surface area (Å²) in [5, 5.41) is 0. The molecule has 2 aliphatic rings. The van der Waals surface area contributed by atoms with E-state index in [4.69, 9.17) is 4.74 Å². The second-order valence-corrected chi connectivity index (χ2v) is 5.85. The fourth-order valence-electron chi connectivity index (χ4n) is 3.09. The van der Waals surface area contributed by atoms with Crippen molar-refractivity contribution in [1.29, 1.82) is 0 Å². The van der Waals surface area contributed by atoms with Crippen LogP contribution in [0.15, 0.2) is 0 Å². The molecule has 0 aromatic carbocycles. The molecule has 0 amide bonds. The van der Waals surface area contributed by atoms with Gasteiger partial charge in [-0.2, -0.15) is 12.6 Å². The Morgan fingerprint density at radius 1 is 1.07 bits per heavy atom. The summed E-state index contributed by atoms with van der Waals surface area (Å²) in [6.45, 7) is 1.97. The van der Waals surface area contributed by atoms with Gasteiger partial charge in [-0.25, -0.2) is 0 Å². The van der Waals surface area contributed by atoms with Gasteiger partial charge in [0.2, 0.25) is 0 Å². The Labute approximate surface area is 99.4 Å². The van der Waals surface area contributed by atoms with Gasteiger partial charge in [0, 0.05) is 12.0 Å². The highest BCUT2D eigenvalue weighted by atomic mass is 32.1. The molecule has 0 heterocycles. The molecule has 0 aliphatic heterocycles. The van der Waals surface area contributed by atoms with Crippen molar-refractivity contribution in [3.8, 4) is 0 Å². The van der Waals surface area contributed by atoms with Crippen molar-refractivity contribution in [2.45, 2.75) is 51.4 Å². The largest absolute Gasteiger partial charge is 0.381 e. The van der Waals surface area contributed by atoms with Crippen LogP contribution in [0.1, 0.15) is 51.4 Å². The minimum absolute atomic E-state index is 0.432. The van der Waals surface area contributed by atoms with Gasteiger partial charge in [0.25, 0.3) is 0 Å². The molecule has 2 aliphatic carbocycles. The molecule has 0 spiro atoms. The summed E-state index contributed by atoms with van der Waals surface area (Å²) in [7, 11) is 0. The number of rotatable bonds is 5. The molecule has 2 heteroatoms. The van der Waals surface area contributed by atoms with E-state index in [1.165, 1.54) is 51.4 Å². The van der Waals surface area contributed by atoms with Crippen LogP contribution in [0.2, 0.25) is 0 Å². The van der Waals surface area contributed by atoms with Gasteiger partial charge >= 0.3 is 0 Å². The fourth-order valence-corrected chi connectivity index (χ4v) is 3.50. The van der Waals surface area contributed by atoms with Gasteiger partial charge in [-0.1, -0.05) is 25.7 Å². The molecule has 0 atom stereocenters. The van der Waals surface area contributed by atoms with E-state index < -0.39 is 0 Å². The first kappa shape index (κ1) is 11.8. The van der Waals surface area contributed by atoms with Crippen molar-refractivity contribution >= 4 is 12.6 Å². The summed E-state index contributed by atoms with van der Waals surface area (Å²) in [4.78, 5) is 0. The van der Waals surface area contributed by atoms with Crippen LogP contribution in [0.25, 0.3) is 0 Å². The Kier molecular flexibility index (Phi) is 4.39. The molecular weight excluding hydrogens is 204 g/mol. The van der Waals surface area contributed by atoms with Crippen LogP contribution in [0.5, 0.6) is 0 Å². The quantitative estimate of drug-likeness (QED) is 0.706. The highest BCUT2D eigenvalue weighted by molar-refractivity contribution is 7.80. The van der Waals surface area contributed by atoms with Crippen LogP contribution >= 0.6 is 12.6 Å². The van der Waals surface area contributed by atoms with Crippen LogP contribution in [-0.2, 0) is 4.74 Å². The van der Waals surface area contributed by atoms with E-state index in [1.54, 1.807) is 0 Å². The smallest absolute Gasteiger partial charge is 0.0530 e. The fraction of sp³-hybridized carbons (Fsp3) is 1.00. The molecular formula is C13H24OS. The summed E-state index contributed by atoms with van der Waals surface area (Å²) in [5.74, 6) is 1.88. The Morgan fingerprint density at radius 2 is 1.73 bits per heavy atom. The van der Waals surface area contributed by atoms with Gasteiger partial charge in [0.1, 0.15) is 0 Å². The van der Waals surface area contributed by atoms with Crippen LogP contribution in [0, 0.1) is 11.3 Å². The lowest BCUT2D eigenvalue weighted by atomic mass is 9.90.